The first-order chi connectivity index (χ1) is 5.06. The lowest BCUT2D eigenvalue weighted by atomic mass is 9.81. The average molecular weight is 156 g/mol. The molecule has 2 aliphatic rings. The van der Waals surface area contributed by atoms with Crippen molar-refractivity contribution >= 4 is 5.78 Å². The molecule has 0 saturated heterocycles. The Kier molecular flexibility index (Phi) is 1.22. The summed E-state index contributed by atoms with van der Waals surface area (Å²) in [4.78, 5) is 11.2. The fourth-order valence-corrected chi connectivity index (χ4v) is 2.61. The average Bonchev–Trinajstić information content (AvgIpc) is 2.42. The number of alkyl halides is 1. The highest BCUT2D eigenvalue weighted by molar-refractivity contribution is 5.83. The molecule has 0 aliphatic heterocycles. The minimum atomic E-state index is -0.967. The summed E-state index contributed by atoms with van der Waals surface area (Å²) >= 11 is 0. The van der Waals surface area contributed by atoms with E-state index in [4.69, 9.17) is 0 Å². The summed E-state index contributed by atoms with van der Waals surface area (Å²) in [6.07, 6.45) is 3.33. The van der Waals surface area contributed by atoms with E-state index in [1.165, 1.54) is 0 Å². The van der Waals surface area contributed by atoms with Crippen molar-refractivity contribution in [1.82, 2.24) is 0 Å². The van der Waals surface area contributed by atoms with E-state index >= 15 is 0 Å². The maximum absolute atomic E-state index is 13.5. The second-order valence-electron chi connectivity index (χ2n) is 4.16. The normalized spacial score (nSPS) is 48.2. The molecule has 0 radical (unpaired) electrons. The van der Waals surface area contributed by atoms with Crippen LogP contribution in [0.25, 0.3) is 0 Å². The third-order valence-electron chi connectivity index (χ3n) is 3.51. The van der Waals surface area contributed by atoms with Crippen molar-refractivity contribution in [2.24, 2.45) is 5.41 Å². The van der Waals surface area contributed by atoms with Gasteiger partial charge in [0.25, 0.3) is 0 Å². The van der Waals surface area contributed by atoms with Gasteiger partial charge in [-0.05, 0) is 39.0 Å². The zero-order chi connectivity index (χ0) is 8.11. The molecule has 1 nitrogen and oxygen atoms in total. The SMILES string of the molecule is CC(=O)C12CCC(F)(CC1)C2. The van der Waals surface area contributed by atoms with Crippen molar-refractivity contribution in [2.75, 3.05) is 0 Å². The van der Waals surface area contributed by atoms with Crippen LogP contribution in [0.15, 0.2) is 0 Å². The van der Waals surface area contributed by atoms with Gasteiger partial charge >= 0.3 is 0 Å². The summed E-state index contributed by atoms with van der Waals surface area (Å²) in [5.74, 6) is 0.203. The van der Waals surface area contributed by atoms with Crippen molar-refractivity contribution < 1.29 is 9.18 Å². The van der Waals surface area contributed by atoms with E-state index in [0.717, 1.165) is 12.8 Å². The number of hydrogen-bond donors (Lipinski definition) is 0. The minimum Gasteiger partial charge on any atom is -0.299 e. The second kappa shape index (κ2) is 1.85. The Labute approximate surface area is 66.0 Å². The molecule has 2 aliphatic carbocycles. The number of halogens is 1. The fraction of sp³-hybridized carbons (Fsp3) is 0.889. The quantitative estimate of drug-likeness (QED) is 0.569. The van der Waals surface area contributed by atoms with E-state index in [2.05, 4.69) is 0 Å². The highest BCUT2D eigenvalue weighted by atomic mass is 19.1. The Morgan fingerprint density at radius 1 is 1.27 bits per heavy atom. The molecule has 2 heteroatoms. The van der Waals surface area contributed by atoms with Crippen LogP contribution in [-0.4, -0.2) is 11.5 Å². The molecule has 0 spiro atoms. The summed E-state index contributed by atoms with van der Waals surface area (Å²) < 4.78 is 13.5. The van der Waals surface area contributed by atoms with Gasteiger partial charge in [0.2, 0.25) is 0 Å². The van der Waals surface area contributed by atoms with Crippen LogP contribution in [-0.2, 0) is 4.79 Å². The van der Waals surface area contributed by atoms with E-state index in [9.17, 15) is 9.18 Å². The first-order valence-electron chi connectivity index (χ1n) is 4.26. The van der Waals surface area contributed by atoms with E-state index in [0.29, 0.717) is 19.3 Å². The number of hydrogen-bond acceptors (Lipinski definition) is 1. The molecular formula is C9H13FO. The van der Waals surface area contributed by atoms with Crippen molar-refractivity contribution in [3.8, 4) is 0 Å². The summed E-state index contributed by atoms with van der Waals surface area (Å²) in [7, 11) is 0. The monoisotopic (exact) mass is 156 g/mol. The Morgan fingerprint density at radius 2 is 1.82 bits per heavy atom. The number of Topliss-reactive ketones (excluding diaryl/α,β-unsaturated/α-hetero) is 1. The fourth-order valence-electron chi connectivity index (χ4n) is 2.61. The minimum absolute atomic E-state index is 0.203. The molecule has 2 rings (SSSR count). The molecule has 0 unspecified atom stereocenters. The maximum Gasteiger partial charge on any atom is 0.136 e. The van der Waals surface area contributed by atoms with Gasteiger partial charge in [-0.25, -0.2) is 4.39 Å². The van der Waals surface area contributed by atoms with Crippen molar-refractivity contribution in [3.63, 3.8) is 0 Å². The lowest BCUT2D eigenvalue weighted by molar-refractivity contribution is -0.126. The summed E-state index contributed by atoms with van der Waals surface area (Å²) in [5, 5.41) is 0. The topological polar surface area (TPSA) is 17.1 Å². The van der Waals surface area contributed by atoms with E-state index in [1.807, 2.05) is 0 Å². The molecule has 62 valence electrons. The number of ketones is 1. The van der Waals surface area contributed by atoms with E-state index < -0.39 is 5.67 Å². The molecule has 0 aromatic carbocycles. The van der Waals surface area contributed by atoms with Gasteiger partial charge in [-0.15, -0.1) is 0 Å². The first kappa shape index (κ1) is 7.26. The Morgan fingerprint density at radius 3 is 2.00 bits per heavy atom. The summed E-state index contributed by atoms with van der Waals surface area (Å²) in [5.41, 5.74) is -1.21. The van der Waals surface area contributed by atoms with Crippen LogP contribution in [0.4, 0.5) is 4.39 Å². The van der Waals surface area contributed by atoms with Gasteiger partial charge in [0.05, 0.1) is 0 Å². The highest BCUT2D eigenvalue weighted by Crippen LogP contribution is 2.58. The van der Waals surface area contributed by atoms with Gasteiger partial charge < -0.3 is 0 Å². The highest BCUT2D eigenvalue weighted by Gasteiger charge is 2.57. The summed E-state index contributed by atoms with van der Waals surface area (Å²) in [6.45, 7) is 1.61. The van der Waals surface area contributed by atoms with E-state index in [-0.39, 0.29) is 11.2 Å². The maximum atomic E-state index is 13.5. The Hall–Kier alpha value is -0.400. The molecule has 0 N–H and O–H groups in total. The molecule has 0 atom stereocenters. The molecular weight excluding hydrogens is 143 g/mol. The first-order valence-corrected chi connectivity index (χ1v) is 4.26. The molecule has 0 aromatic rings. The zero-order valence-corrected chi connectivity index (χ0v) is 6.82. The number of carbonyl (C=O) groups is 1. The van der Waals surface area contributed by atoms with Crippen LogP contribution in [0.1, 0.15) is 39.0 Å². The lowest BCUT2D eigenvalue weighted by Crippen LogP contribution is -2.23. The molecule has 0 amide bonds. The van der Waals surface area contributed by atoms with Crippen molar-refractivity contribution in [3.05, 3.63) is 0 Å². The van der Waals surface area contributed by atoms with Crippen LogP contribution < -0.4 is 0 Å². The molecule has 0 aromatic heterocycles. The van der Waals surface area contributed by atoms with Crippen LogP contribution in [0.2, 0.25) is 0 Å². The lowest BCUT2D eigenvalue weighted by Gasteiger charge is -2.22. The molecule has 0 heterocycles. The smallest absolute Gasteiger partial charge is 0.136 e. The number of carbonyl (C=O) groups excluding carboxylic acids is 1. The third-order valence-corrected chi connectivity index (χ3v) is 3.51. The Balaban J connectivity index is 2.27. The van der Waals surface area contributed by atoms with Gasteiger partial charge in [-0.3, -0.25) is 4.79 Å². The Bertz CT molecular complexity index is 202. The third kappa shape index (κ3) is 0.846. The number of rotatable bonds is 1. The van der Waals surface area contributed by atoms with Crippen LogP contribution in [0.3, 0.4) is 0 Å². The molecule has 2 bridgehead atoms. The number of fused-ring (bicyclic) bond motifs is 2. The van der Waals surface area contributed by atoms with Gasteiger partial charge in [0, 0.05) is 5.41 Å². The van der Waals surface area contributed by atoms with Crippen LogP contribution in [0.5, 0.6) is 0 Å². The largest absolute Gasteiger partial charge is 0.299 e. The standard InChI is InChI=1S/C9H13FO/c1-7(11)8-2-4-9(10,6-8)5-3-8/h2-6H2,1H3. The summed E-state index contributed by atoms with van der Waals surface area (Å²) in [6, 6.07) is 0. The second-order valence-corrected chi connectivity index (χ2v) is 4.16. The van der Waals surface area contributed by atoms with Crippen LogP contribution >= 0.6 is 0 Å². The van der Waals surface area contributed by atoms with Gasteiger partial charge in [0.1, 0.15) is 11.5 Å². The molecule has 11 heavy (non-hydrogen) atoms. The predicted octanol–water partition coefficient (Wildman–Crippen LogP) is 2.25. The van der Waals surface area contributed by atoms with Crippen molar-refractivity contribution in [2.45, 2.75) is 44.7 Å². The zero-order valence-electron chi connectivity index (χ0n) is 6.82. The molecule has 2 saturated carbocycles. The van der Waals surface area contributed by atoms with E-state index in [1.54, 1.807) is 6.92 Å². The molecule has 2 fully saturated rings. The van der Waals surface area contributed by atoms with Gasteiger partial charge in [-0.1, -0.05) is 0 Å². The van der Waals surface area contributed by atoms with Gasteiger partial charge in [-0.2, -0.15) is 0 Å². The van der Waals surface area contributed by atoms with Gasteiger partial charge in [0.15, 0.2) is 0 Å². The predicted molar refractivity (Wildman–Crippen MR) is 40.0 cm³/mol. The van der Waals surface area contributed by atoms with Crippen LogP contribution in [0, 0.1) is 5.41 Å². The van der Waals surface area contributed by atoms with Crippen molar-refractivity contribution in [1.29, 1.82) is 0 Å².